The number of alkyl halides is 6. The summed E-state index contributed by atoms with van der Waals surface area (Å²) in [6.07, 6.45) is -3.79. The number of carbonyl (C=O) groups is 1. The van der Waals surface area contributed by atoms with Gasteiger partial charge in [0.1, 0.15) is 0 Å². The van der Waals surface area contributed by atoms with Crippen molar-refractivity contribution >= 4 is 17.5 Å². The Bertz CT molecular complexity index is 713. The molecule has 0 saturated carbocycles. The third-order valence-corrected chi connectivity index (χ3v) is 4.53. The van der Waals surface area contributed by atoms with Gasteiger partial charge in [-0.15, -0.1) is 0 Å². The van der Waals surface area contributed by atoms with Crippen molar-refractivity contribution in [1.29, 1.82) is 5.26 Å². The summed E-state index contributed by atoms with van der Waals surface area (Å²) in [7, 11) is 0. The van der Waals surface area contributed by atoms with E-state index in [1.807, 2.05) is 0 Å². The highest BCUT2D eigenvalue weighted by Crippen LogP contribution is 2.40. The summed E-state index contributed by atoms with van der Waals surface area (Å²) in [4.78, 5) is 12.0. The molecule has 0 aromatic heterocycles. The Morgan fingerprint density at radius 3 is 2.07 bits per heavy atom. The molecule has 0 aliphatic rings. The highest BCUT2D eigenvalue weighted by atomic mass is 32.2. The Morgan fingerprint density at radius 1 is 1.04 bits per heavy atom. The minimum absolute atomic E-state index is 0.0128. The second-order valence-corrected chi connectivity index (χ2v) is 6.82. The summed E-state index contributed by atoms with van der Waals surface area (Å²) in [5, 5.41) is 9.18. The monoisotopic (exact) mass is 409 g/mol. The molecule has 1 rings (SSSR count). The van der Waals surface area contributed by atoms with Gasteiger partial charge < -0.3 is 0 Å². The van der Waals surface area contributed by atoms with Crippen LogP contribution in [0.4, 0.5) is 26.3 Å². The lowest BCUT2D eigenvalue weighted by molar-refractivity contribution is -0.137. The largest absolute Gasteiger partial charge is 0.446 e. The normalized spacial score (nSPS) is 13.1. The average Bonchev–Trinajstić information content (AvgIpc) is 2.57. The van der Waals surface area contributed by atoms with Gasteiger partial charge >= 0.3 is 11.7 Å². The number of nitriles is 1. The number of ketones is 1. The van der Waals surface area contributed by atoms with Crippen LogP contribution in [-0.2, 0) is 6.18 Å². The van der Waals surface area contributed by atoms with Crippen molar-refractivity contribution in [2.24, 2.45) is 0 Å². The first-order chi connectivity index (χ1) is 12.5. The van der Waals surface area contributed by atoms with Crippen molar-refractivity contribution in [3.63, 3.8) is 0 Å². The molecule has 0 bridgehead atoms. The average molecular weight is 409 g/mol. The first-order valence-electron chi connectivity index (χ1n) is 8.06. The Hall–Kier alpha value is -1.95. The summed E-state index contributed by atoms with van der Waals surface area (Å²) in [6, 6.07) is 5.29. The van der Waals surface area contributed by atoms with Crippen LogP contribution in [0.15, 0.2) is 34.7 Å². The van der Waals surface area contributed by atoms with E-state index in [0.717, 1.165) is 24.3 Å². The topological polar surface area (TPSA) is 40.9 Å². The number of unbranched alkanes of at least 4 members (excludes halogenated alkanes) is 1. The van der Waals surface area contributed by atoms with Crippen LogP contribution in [0.25, 0.3) is 0 Å². The molecule has 148 valence electrons. The SMILES string of the molecule is CCCC/C(SC(F)(F)F)=C(\C#N)CCC(=O)c1ccc(C(F)(F)F)cc1. The number of hydrogen-bond acceptors (Lipinski definition) is 3. The molecule has 0 heterocycles. The Morgan fingerprint density at radius 2 is 1.63 bits per heavy atom. The Balaban J connectivity index is 2.89. The van der Waals surface area contributed by atoms with Gasteiger partial charge in [-0.1, -0.05) is 25.5 Å². The summed E-state index contributed by atoms with van der Waals surface area (Å²) >= 11 is -0.353. The predicted octanol–water partition coefficient (Wildman–Crippen LogP) is 6.89. The fourth-order valence-electron chi connectivity index (χ4n) is 2.23. The first kappa shape index (κ1) is 23.1. The van der Waals surface area contributed by atoms with Crippen molar-refractivity contribution < 1.29 is 31.1 Å². The molecule has 1 aromatic carbocycles. The number of Topliss-reactive ketones (excluding diaryl/α,β-unsaturated/α-hetero) is 1. The van der Waals surface area contributed by atoms with Gasteiger partial charge in [0.15, 0.2) is 5.78 Å². The van der Waals surface area contributed by atoms with Crippen LogP contribution in [0.1, 0.15) is 54.9 Å². The Kier molecular flexibility index (Phi) is 8.41. The fraction of sp³-hybridized carbons (Fsp3) is 0.444. The number of carbonyl (C=O) groups excluding carboxylic acids is 1. The molecule has 9 heteroatoms. The zero-order valence-electron chi connectivity index (χ0n) is 14.4. The van der Waals surface area contributed by atoms with E-state index in [2.05, 4.69) is 0 Å². The molecule has 0 radical (unpaired) electrons. The standard InChI is InChI=1S/C18H17F6NOS/c1-2-3-4-16(27-18(22,23)24)13(11-25)7-10-15(26)12-5-8-14(9-6-12)17(19,20)21/h5-6,8-9H,2-4,7,10H2,1H3/b16-13+. The molecule has 27 heavy (non-hydrogen) atoms. The van der Waals surface area contributed by atoms with Gasteiger partial charge in [-0.25, -0.2) is 0 Å². The summed E-state index contributed by atoms with van der Waals surface area (Å²) < 4.78 is 75.6. The van der Waals surface area contributed by atoms with Gasteiger partial charge in [-0.3, -0.25) is 4.79 Å². The van der Waals surface area contributed by atoms with Gasteiger partial charge in [-0.05, 0) is 43.2 Å². The summed E-state index contributed by atoms with van der Waals surface area (Å²) in [5.74, 6) is -0.539. The third-order valence-electron chi connectivity index (χ3n) is 3.60. The summed E-state index contributed by atoms with van der Waals surface area (Å²) in [5.41, 5.74) is -5.55. The maximum Gasteiger partial charge on any atom is 0.446 e. The van der Waals surface area contributed by atoms with E-state index in [1.54, 1.807) is 13.0 Å². The number of rotatable bonds is 8. The van der Waals surface area contributed by atoms with Crippen LogP contribution < -0.4 is 0 Å². The molecule has 0 fully saturated rings. The molecular weight excluding hydrogens is 392 g/mol. The minimum Gasteiger partial charge on any atom is -0.294 e. The van der Waals surface area contributed by atoms with E-state index < -0.39 is 23.0 Å². The van der Waals surface area contributed by atoms with Crippen molar-refractivity contribution in [1.82, 2.24) is 0 Å². The molecule has 0 N–H and O–H groups in total. The van der Waals surface area contributed by atoms with Gasteiger partial charge in [0.2, 0.25) is 0 Å². The van der Waals surface area contributed by atoms with E-state index >= 15 is 0 Å². The molecular formula is C18H17F6NOS. The predicted molar refractivity (Wildman–Crippen MR) is 90.8 cm³/mol. The molecule has 2 nitrogen and oxygen atoms in total. The molecule has 0 saturated heterocycles. The lowest BCUT2D eigenvalue weighted by Crippen LogP contribution is -2.06. The number of thioether (sulfide) groups is 1. The molecule has 0 unspecified atom stereocenters. The van der Waals surface area contributed by atoms with Crippen molar-refractivity contribution in [3.8, 4) is 6.07 Å². The maximum absolute atomic E-state index is 12.7. The number of hydrogen-bond donors (Lipinski definition) is 0. The fourth-order valence-corrected chi connectivity index (χ4v) is 3.02. The van der Waals surface area contributed by atoms with Crippen LogP contribution in [0, 0.1) is 11.3 Å². The van der Waals surface area contributed by atoms with E-state index in [-0.39, 0.29) is 47.1 Å². The molecule has 0 spiro atoms. The van der Waals surface area contributed by atoms with Crippen molar-refractivity contribution in [2.45, 2.75) is 50.7 Å². The highest BCUT2D eigenvalue weighted by Gasteiger charge is 2.32. The van der Waals surface area contributed by atoms with Gasteiger partial charge in [0, 0.05) is 22.5 Å². The molecule has 0 aliphatic heterocycles. The molecule has 0 aliphatic carbocycles. The second-order valence-electron chi connectivity index (χ2n) is 5.66. The van der Waals surface area contributed by atoms with E-state index in [1.165, 1.54) is 0 Å². The molecule has 0 amide bonds. The quantitative estimate of drug-likeness (QED) is 0.267. The number of halogens is 6. The van der Waals surface area contributed by atoms with Crippen molar-refractivity contribution in [3.05, 3.63) is 45.9 Å². The first-order valence-corrected chi connectivity index (χ1v) is 8.88. The van der Waals surface area contributed by atoms with Gasteiger partial charge in [0.05, 0.1) is 11.6 Å². The van der Waals surface area contributed by atoms with E-state index in [9.17, 15) is 36.4 Å². The third kappa shape index (κ3) is 8.08. The number of benzene rings is 1. The van der Waals surface area contributed by atoms with Crippen LogP contribution in [0.5, 0.6) is 0 Å². The van der Waals surface area contributed by atoms with Gasteiger partial charge in [-0.2, -0.15) is 31.6 Å². The minimum atomic E-state index is -4.54. The van der Waals surface area contributed by atoms with E-state index in [0.29, 0.717) is 12.8 Å². The lowest BCUT2D eigenvalue weighted by Gasteiger charge is -2.12. The lowest BCUT2D eigenvalue weighted by atomic mass is 10.0. The molecule has 1 aromatic rings. The Labute approximate surface area is 157 Å². The maximum atomic E-state index is 12.7. The zero-order valence-corrected chi connectivity index (χ0v) is 15.2. The van der Waals surface area contributed by atoms with Crippen LogP contribution in [0.2, 0.25) is 0 Å². The van der Waals surface area contributed by atoms with Crippen LogP contribution in [-0.4, -0.2) is 11.3 Å². The molecule has 0 atom stereocenters. The zero-order chi connectivity index (χ0) is 20.7. The second kappa shape index (κ2) is 9.83. The highest BCUT2D eigenvalue weighted by molar-refractivity contribution is 8.03. The number of nitrogens with zero attached hydrogens (tertiary/aromatic N) is 1. The van der Waals surface area contributed by atoms with Crippen molar-refractivity contribution in [2.75, 3.05) is 0 Å². The smallest absolute Gasteiger partial charge is 0.294 e. The van der Waals surface area contributed by atoms with E-state index in [4.69, 9.17) is 0 Å². The van der Waals surface area contributed by atoms with Crippen LogP contribution in [0.3, 0.4) is 0 Å². The number of allylic oxidation sites excluding steroid dienone is 2. The summed E-state index contributed by atoms with van der Waals surface area (Å²) in [6.45, 7) is 1.80. The van der Waals surface area contributed by atoms with Gasteiger partial charge in [0.25, 0.3) is 0 Å². The van der Waals surface area contributed by atoms with Crippen LogP contribution >= 0.6 is 11.8 Å².